The van der Waals surface area contributed by atoms with Crippen molar-refractivity contribution in [1.29, 1.82) is 0 Å². The second-order valence-electron chi connectivity index (χ2n) is 5.21. The van der Waals surface area contributed by atoms with E-state index in [4.69, 9.17) is 4.74 Å². The van der Waals surface area contributed by atoms with E-state index in [-0.39, 0.29) is 6.10 Å². The van der Waals surface area contributed by atoms with Gasteiger partial charge in [-0.05, 0) is 12.5 Å². The highest BCUT2D eigenvalue weighted by Gasteiger charge is 2.24. The molecule has 1 fully saturated rings. The van der Waals surface area contributed by atoms with Gasteiger partial charge in [-0.1, -0.05) is 41.7 Å². The molecule has 1 atom stereocenters. The van der Waals surface area contributed by atoms with E-state index in [0.717, 1.165) is 35.5 Å². The van der Waals surface area contributed by atoms with E-state index in [1.807, 2.05) is 23.7 Å². The number of benzene rings is 1. The number of imidazole rings is 1. The molecule has 0 amide bonds. The van der Waals surface area contributed by atoms with Crippen LogP contribution in [0.15, 0.2) is 36.5 Å². The predicted octanol–water partition coefficient (Wildman–Crippen LogP) is 2.68. The summed E-state index contributed by atoms with van der Waals surface area (Å²) in [5.74, 6) is 0. The highest BCUT2D eigenvalue weighted by atomic mass is 32.1. The van der Waals surface area contributed by atoms with Crippen molar-refractivity contribution in [2.45, 2.75) is 13.0 Å². The Morgan fingerprint density at radius 3 is 2.95 bits per heavy atom. The Hall–Kier alpha value is -1.92. The first-order valence-corrected chi connectivity index (χ1v) is 7.85. The molecule has 3 aromatic rings. The average molecular weight is 300 g/mol. The number of aromatic nitrogens is 3. The van der Waals surface area contributed by atoms with Crippen molar-refractivity contribution < 1.29 is 4.74 Å². The third-order valence-corrected chi connectivity index (χ3v) is 4.64. The fourth-order valence-electron chi connectivity index (χ4n) is 2.62. The number of nitrogens with zero attached hydrogens (tertiary/aromatic N) is 4. The van der Waals surface area contributed by atoms with Crippen molar-refractivity contribution in [2.75, 3.05) is 24.6 Å². The predicted molar refractivity (Wildman–Crippen MR) is 82.9 cm³/mol. The van der Waals surface area contributed by atoms with E-state index in [1.165, 1.54) is 5.56 Å². The summed E-state index contributed by atoms with van der Waals surface area (Å²) in [6.07, 6.45) is 2.07. The third-order valence-electron chi connectivity index (χ3n) is 3.66. The maximum Gasteiger partial charge on any atom is 0.214 e. The number of anilines is 1. The molecule has 1 aromatic carbocycles. The van der Waals surface area contributed by atoms with Gasteiger partial charge in [0.25, 0.3) is 0 Å². The summed E-state index contributed by atoms with van der Waals surface area (Å²) >= 11 is 1.63. The zero-order chi connectivity index (χ0) is 14.2. The van der Waals surface area contributed by atoms with Crippen molar-refractivity contribution in [1.82, 2.24) is 14.6 Å². The molecule has 6 heteroatoms. The smallest absolute Gasteiger partial charge is 0.214 e. The first-order valence-electron chi connectivity index (χ1n) is 7.04. The van der Waals surface area contributed by atoms with Gasteiger partial charge in [0.15, 0.2) is 0 Å². The molecule has 5 nitrogen and oxygen atoms in total. The molecule has 0 spiro atoms. The normalized spacial score (nSPS) is 19.3. The van der Waals surface area contributed by atoms with Crippen LogP contribution in [-0.4, -0.2) is 34.3 Å². The minimum atomic E-state index is 0.109. The summed E-state index contributed by atoms with van der Waals surface area (Å²) in [6.45, 7) is 4.42. The summed E-state index contributed by atoms with van der Waals surface area (Å²) in [7, 11) is 0. The number of ether oxygens (including phenoxy) is 1. The topological polar surface area (TPSA) is 42.7 Å². The molecular formula is C15H16N4OS. The maximum atomic E-state index is 5.90. The van der Waals surface area contributed by atoms with Gasteiger partial charge in [0, 0.05) is 6.54 Å². The van der Waals surface area contributed by atoms with Gasteiger partial charge in [0.05, 0.1) is 25.0 Å². The van der Waals surface area contributed by atoms with Crippen molar-refractivity contribution >= 4 is 21.4 Å². The van der Waals surface area contributed by atoms with Crippen molar-refractivity contribution in [3.63, 3.8) is 0 Å². The zero-order valence-electron chi connectivity index (χ0n) is 11.8. The quantitative estimate of drug-likeness (QED) is 0.730. The average Bonchev–Trinajstić information content (AvgIpc) is 3.06. The van der Waals surface area contributed by atoms with E-state index in [1.54, 1.807) is 11.3 Å². The second kappa shape index (κ2) is 5.13. The van der Waals surface area contributed by atoms with Gasteiger partial charge in [-0.2, -0.15) is 0 Å². The fourth-order valence-corrected chi connectivity index (χ4v) is 3.58. The molecule has 1 aliphatic rings. The van der Waals surface area contributed by atoms with E-state index < -0.39 is 0 Å². The molecule has 0 saturated carbocycles. The van der Waals surface area contributed by atoms with E-state index in [0.29, 0.717) is 0 Å². The molecule has 0 bridgehead atoms. The number of morpholine rings is 1. The molecule has 4 rings (SSSR count). The number of hydrogen-bond acceptors (Lipinski definition) is 5. The van der Waals surface area contributed by atoms with Gasteiger partial charge >= 0.3 is 0 Å². The minimum Gasteiger partial charge on any atom is -0.370 e. The monoisotopic (exact) mass is 300 g/mol. The Labute approximate surface area is 126 Å². The van der Waals surface area contributed by atoms with Crippen LogP contribution >= 0.6 is 11.3 Å². The van der Waals surface area contributed by atoms with E-state index >= 15 is 0 Å². The standard InChI is InChI=1S/C15H16N4OS/c1-11-9-19-14(16-11)21-15(17-19)18-7-8-20-13(10-18)12-5-3-2-4-6-12/h2-6,9,13H,7-8,10H2,1H3/t13-/m0/s1. The van der Waals surface area contributed by atoms with Crippen molar-refractivity contribution in [3.05, 3.63) is 47.8 Å². The number of aryl methyl sites for hydroxylation is 1. The van der Waals surface area contributed by atoms with E-state index in [9.17, 15) is 0 Å². The van der Waals surface area contributed by atoms with Crippen LogP contribution in [0.1, 0.15) is 17.4 Å². The molecule has 0 unspecified atom stereocenters. The summed E-state index contributed by atoms with van der Waals surface area (Å²) in [5, 5.41) is 5.64. The van der Waals surface area contributed by atoms with Crippen LogP contribution in [0.25, 0.3) is 4.96 Å². The lowest BCUT2D eigenvalue weighted by molar-refractivity contribution is 0.0397. The molecular weight excluding hydrogens is 284 g/mol. The molecule has 21 heavy (non-hydrogen) atoms. The van der Waals surface area contributed by atoms with Gasteiger partial charge in [-0.15, -0.1) is 5.10 Å². The summed E-state index contributed by atoms with van der Waals surface area (Å²) in [4.78, 5) is 7.70. The van der Waals surface area contributed by atoms with Crippen molar-refractivity contribution in [3.8, 4) is 0 Å². The third kappa shape index (κ3) is 2.41. The van der Waals surface area contributed by atoms with Gasteiger partial charge in [0.1, 0.15) is 6.10 Å². The molecule has 0 aliphatic carbocycles. The van der Waals surface area contributed by atoms with Crippen LogP contribution in [0, 0.1) is 6.92 Å². The van der Waals surface area contributed by atoms with Crippen LogP contribution < -0.4 is 4.90 Å². The number of rotatable bonds is 2. The van der Waals surface area contributed by atoms with Gasteiger partial charge in [-0.3, -0.25) is 0 Å². The Morgan fingerprint density at radius 1 is 1.29 bits per heavy atom. The lowest BCUT2D eigenvalue weighted by atomic mass is 10.1. The lowest BCUT2D eigenvalue weighted by Gasteiger charge is -2.32. The Morgan fingerprint density at radius 2 is 2.14 bits per heavy atom. The first-order chi connectivity index (χ1) is 10.3. The van der Waals surface area contributed by atoms with Crippen LogP contribution in [0.2, 0.25) is 0 Å². The fraction of sp³-hybridized carbons (Fsp3) is 0.333. The molecule has 3 heterocycles. The molecule has 1 saturated heterocycles. The number of fused-ring (bicyclic) bond motifs is 1. The second-order valence-corrected chi connectivity index (χ2v) is 6.14. The highest BCUT2D eigenvalue weighted by molar-refractivity contribution is 7.20. The molecule has 108 valence electrons. The minimum absolute atomic E-state index is 0.109. The van der Waals surface area contributed by atoms with Gasteiger partial charge in [0.2, 0.25) is 10.1 Å². The van der Waals surface area contributed by atoms with Crippen LogP contribution in [0.4, 0.5) is 5.13 Å². The largest absolute Gasteiger partial charge is 0.370 e. The lowest BCUT2D eigenvalue weighted by Crippen LogP contribution is -2.38. The van der Waals surface area contributed by atoms with E-state index in [2.05, 4.69) is 39.2 Å². The molecule has 2 aromatic heterocycles. The Kier molecular flexibility index (Phi) is 3.12. The summed E-state index contributed by atoms with van der Waals surface area (Å²) < 4.78 is 7.77. The van der Waals surface area contributed by atoms with Crippen LogP contribution in [0.3, 0.4) is 0 Å². The molecule has 0 N–H and O–H groups in total. The molecule has 1 aliphatic heterocycles. The van der Waals surface area contributed by atoms with Crippen LogP contribution in [0.5, 0.6) is 0 Å². The van der Waals surface area contributed by atoms with Crippen LogP contribution in [-0.2, 0) is 4.74 Å². The number of hydrogen-bond donors (Lipinski definition) is 0. The molecule has 0 radical (unpaired) electrons. The first kappa shape index (κ1) is 12.8. The van der Waals surface area contributed by atoms with Gasteiger partial charge in [-0.25, -0.2) is 9.50 Å². The Balaban J connectivity index is 1.58. The SMILES string of the molecule is Cc1cn2nc(N3CCO[C@H](c4ccccc4)C3)sc2n1. The Bertz CT molecular complexity index is 720. The van der Waals surface area contributed by atoms with Gasteiger partial charge < -0.3 is 9.64 Å². The summed E-state index contributed by atoms with van der Waals surface area (Å²) in [6, 6.07) is 10.4. The maximum absolute atomic E-state index is 5.90. The van der Waals surface area contributed by atoms with Crippen molar-refractivity contribution in [2.24, 2.45) is 0 Å². The highest BCUT2D eigenvalue weighted by Crippen LogP contribution is 2.29. The zero-order valence-corrected chi connectivity index (χ0v) is 12.6. The summed E-state index contributed by atoms with van der Waals surface area (Å²) in [5.41, 5.74) is 2.23.